The van der Waals surface area contributed by atoms with E-state index in [1.165, 1.54) is 0 Å². The number of hydrogen-bond acceptors (Lipinski definition) is 3. The summed E-state index contributed by atoms with van der Waals surface area (Å²) in [6.45, 7) is 0. The van der Waals surface area contributed by atoms with Crippen molar-refractivity contribution in [3.63, 3.8) is 0 Å². The number of hydrogen-bond donors (Lipinski definition) is 0. The fourth-order valence-corrected chi connectivity index (χ4v) is 0.354. The minimum atomic E-state index is -1.21. The van der Waals surface area contributed by atoms with E-state index < -0.39 is 7.32 Å². The van der Waals surface area contributed by atoms with Gasteiger partial charge in [-0.25, -0.2) is 0 Å². The largest absolute Gasteiger partial charge is 1.00 e. The predicted octanol–water partition coefficient (Wildman–Crippen LogP) is -3.35. The Morgan fingerprint density at radius 2 is 1.12 bits per heavy atom. The molecule has 0 aliphatic rings. The van der Waals surface area contributed by atoms with Crippen LogP contribution in [0.3, 0.4) is 0 Å². The van der Waals surface area contributed by atoms with Gasteiger partial charge in [0.25, 0.3) is 0 Å². The first-order chi connectivity index (χ1) is 3.35. The van der Waals surface area contributed by atoms with Crippen LogP contribution in [-0.4, -0.2) is 28.7 Å². The quantitative estimate of drug-likeness (QED) is 0.387. The molecule has 0 saturated heterocycles. The fourth-order valence-electron chi connectivity index (χ4n) is 0.354. The summed E-state index contributed by atoms with van der Waals surface area (Å²) in [7, 11) is 3.44. The molecule has 0 aromatic carbocycles. The number of rotatable bonds is 3. The minimum absolute atomic E-state index is 0. The minimum Gasteiger partial charge on any atom is -0.549 e. The molecule has 0 fully saturated rings. The van der Waals surface area contributed by atoms with E-state index in [2.05, 4.69) is 14.0 Å². The van der Waals surface area contributed by atoms with Crippen LogP contribution in [0, 0.1) is 0 Å². The predicted molar refractivity (Wildman–Crippen MR) is 28.2 cm³/mol. The molecule has 0 spiro atoms. The molecule has 0 aromatic heterocycles. The maximum atomic E-state index is 4.69. The van der Waals surface area contributed by atoms with Crippen LogP contribution in [0.25, 0.3) is 0 Å². The summed E-state index contributed by atoms with van der Waals surface area (Å²) < 4.78 is 14.1. The van der Waals surface area contributed by atoms with Gasteiger partial charge in [-0.3, -0.25) is 0 Å². The standard InChI is InChI=1S/C3H10BO3.K/c1-5-4(6-2)7-3;/h4H,1-3H3;/q-1;+1. The molecule has 44 valence electrons. The van der Waals surface area contributed by atoms with E-state index in [0.29, 0.717) is 0 Å². The van der Waals surface area contributed by atoms with E-state index in [9.17, 15) is 0 Å². The van der Waals surface area contributed by atoms with Gasteiger partial charge in [-0.1, -0.05) is 0 Å². The SMILES string of the molecule is CO[BH-](OC)OC.[K+]. The Kier molecular flexibility index (Phi) is 13.2. The van der Waals surface area contributed by atoms with Crippen LogP contribution in [0.1, 0.15) is 0 Å². The Balaban J connectivity index is 0. The molecule has 0 aliphatic heterocycles. The Labute approximate surface area is 92.7 Å². The van der Waals surface area contributed by atoms with Gasteiger partial charge in [-0.15, -0.1) is 0 Å². The third kappa shape index (κ3) is 5.71. The first-order valence-corrected chi connectivity index (χ1v) is 2.09. The molecule has 0 atom stereocenters. The van der Waals surface area contributed by atoms with E-state index in [1.54, 1.807) is 21.3 Å². The molecule has 8 heavy (non-hydrogen) atoms. The average molecular weight is 144 g/mol. The third-order valence-corrected chi connectivity index (χ3v) is 0.707. The molecule has 0 radical (unpaired) electrons. The Morgan fingerprint density at radius 3 is 1.12 bits per heavy atom. The van der Waals surface area contributed by atoms with Gasteiger partial charge in [-0.05, 0) is 21.3 Å². The molecule has 3 nitrogen and oxygen atoms in total. The van der Waals surface area contributed by atoms with Crippen molar-refractivity contribution in [1.82, 2.24) is 0 Å². The van der Waals surface area contributed by atoms with Crippen LogP contribution in [0.4, 0.5) is 0 Å². The summed E-state index contributed by atoms with van der Waals surface area (Å²) in [5, 5.41) is 0. The molecule has 0 aliphatic carbocycles. The fraction of sp³-hybridized carbons (Fsp3) is 1.00. The summed E-state index contributed by atoms with van der Waals surface area (Å²) in [4.78, 5) is 0. The first kappa shape index (κ1) is 12.3. The van der Waals surface area contributed by atoms with Crippen molar-refractivity contribution in [2.45, 2.75) is 0 Å². The molecule has 0 amide bonds. The van der Waals surface area contributed by atoms with Crippen molar-refractivity contribution in [1.29, 1.82) is 0 Å². The zero-order valence-corrected chi connectivity index (χ0v) is 9.05. The molecular formula is C3H10BKO3. The zero-order chi connectivity index (χ0) is 5.70. The van der Waals surface area contributed by atoms with Gasteiger partial charge in [0.05, 0.1) is 0 Å². The maximum absolute atomic E-state index is 4.69. The first-order valence-electron chi connectivity index (χ1n) is 2.09. The molecular weight excluding hydrogens is 134 g/mol. The van der Waals surface area contributed by atoms with Crippen LogP contribution in [-0.2, 0) is 14.0 Å². The van der Waals surface area contributed by atoms with Crippen LogP contribution in [0.15, 0.2) is 0 Å². The topological polar surface area (TPSA) is 27.7 Å². The second-order valence-electron chi connectivity index (χ2n) is 1.22. The zero-order valence-electron chi connectivity index (χ0n) is 5.93. The van der Waals surface area contributed by atoms with Gasteiger partial charge in [0.2, 0.25) is 0 Å². The maximum Gasteiger partial charge on any atom is 1.00 e. The Hall–Kier alpha value is 1.58. The van der Waals surface area contributed by atoms with Crippen LogP contribution in [0.5, 0.6) is 0 Å². The van der Waals surface area contributed by atoms with Gasteiger partial charge in [-0.2, -0.15) is 0 Å². The van der Waals surface area contributed by atoms with Gasteiger partial charge in [0, 0.05) is 0 Å². The van der Waals surface area contributed by atoms with Crippen LogP contribution >= 0.6 is 0 Å². The van der Waals surface area contributed by atoms with E-state index in [0.717, 1.165) is 0 Å². The molecule has 0 N–H and O–H groups in total. The van der Waals surface area contributed by atoms with Crippen molar-refractivity contribution >= 4 is 7.32 Å². The van der Waals surface area contributed by atoms with Gasteiger partial charge < -0.3 is 14.0 Å². The second-order valence-corrected chi connectivity index (χ2v) is 1.22. The van der Waals surface area contributed by atoms with Crippen molar-refractivity contribution in [2.75, 3.05) is 21.3 Å². The van der Waals surface area contributed by atoms with E-state index in [1.807, 2.05) is 0 Å². The normalized spacial score (nSPS) is 9.00. The summed E-state index contributed by atoms with van der Waals surface area (Å²) in [5.41, 5.74) is 0. The van der Waals surface area contributed by atoms with E-state index in [-0.39, 0.29) is 51.4 Å². The molecule has 0 unspecified atom stereocenters. The van der Waals surface area contributed by atoms with Gasteiger partial charge >= 0.3 is 58.7 Å². The summed E-state index contributed by atoms with van der Waals surface area (Å²) >= 11 is 0. The molecule has 0 bridgehead atoms. The smallest absolute Gasteiger partial charge is 0.549 e. The molecule has 0 rings (SSSR count). The van der Waals surface area contributed by atoms with Crippen molar-refractivity contribution in [3.05, 3.63) is 0 Å². The summed E-state index contributed by atoms with van der Waals surface area (Å²) in [5.74, 6) is 0. The van der Waals surface area contributed by atoms with Crippen LogP contribution in [0.2, 0.25) is 0 Å². The van der Waals surface area contributed by atoms with Crippen molar-refractivity contribution in [2.24, 2.45) is 0 Å². The molecule has 5 heteroatoms. The Bertz CT molecular complexity index is 36.0. The molecule has 0 saturated carbocycles. The Morgan fingerprint density at radius 1 is 0.875 bits per heavy atom. The third-order valence-electron chi connectivity index (χ3n) is 0.707. The van der Waals surface area contributed by atoms with E-state index >= 15 is 0 Å². The summed E-state index contributed by atoms with van der Waals surface area (Å²) in [6.07, 6.45) is 0. The second kappa shape index (κ2) is 8.58. The molecule has 0 aromatic rings. The van der Waals surface area contributed by atoms with E-state index in [4.69, 9.17) is 0 Å². The molecule has 0 heterocycles. The van der Waals surface area contributed by atoms with Gasteiger partial charge in [0.15, 0.2) is 0 Å². The summed E-state index contributed by atoms with van der Waals surface area (Å²) in [6, 6.07) is 0. The van der Waals surface area contributed by atoms with Gasteiger partial charge in [0.1, 0.15) is 0 Å². The van der Waals surface area contributed by atoms with Crippen molar-refractivity contribution < 1.29 is 65.3 Å². The van der Waals surface area contributed by atoms with Crippen molar-refractivity contribution in [3.8, 4) is 0 Å². The average Bonchev–Trinajstić information content (AvgIpc) is 1.72. The monoisotopic (exact) mass is 144 g/mol. The van der Waals surface area contributed by atoms with Crippen LogP contribution < -0.4 is 51.4 Å².